The maximum atomic E-state index is 12.5. The molecule has 0 spiro atoms. The minimum absolute atomic E-state index is 0.0159. The number of furan rings is 1. The third-order valence-electron chi connectivity index (χ3n) is 3.92. The highest BCUT2D eigenvalue weighted by molar-refractivity contribution is 7.91. The summed E-state index contributed by atoms with van der Waals surface area (Å²) in [5.41, 5.74) is 0. The molecule has 2 N–H and O–H groups in total. The van der Waals surface area contributed by atoms with E-state index in [-0.39, 0.29) is 17.4 Å². The average molecular weight is 422 g/mol. The number of hydrogen-bond donors (Lipinski definition) is 1. The lowest BCUT2D eigenvalue weighted by Crippen LogP contribution is -2.45. The first-order chi connectivity index (χ1) is 12.4. The molecule has 1 aliphatic rings. The molecule has 0 saturated carbocycles. The molecule has 0 aromatic carbocycles. The lowest BCUT2D eigenvalue weighted by molar-refractivity contribution is -0.137. The normalized spacial score (nSPS) is 19.2. The van der Waals surface area contributed by atoms with Gasteiger partial charge in [0.15, 0.2) is 16.4 Å². The molecule has 10 nitrogen and oxygen atoms in total. The molecule has 1 atom stereocenters. The molecule has 1 aliphatic heterocycles. The SMILES string of the molecule is CC(C)CN(C(=O)COC(=O)c1ccc(S(N)(=O)=O)o1)C1CCS(=O)(=O)C1. The molecule has 2 rings (SSSR count). The van der Waals surface area contributed by atoms with Crippen LogP contribution in [0.5, 0.6) is 0 Å². The minimum Gasteiger partial charge on any atom is -0.450 e. The Labute approximate surface area is 157 Å². The number of nitrogens with zero attached hydrogens (tertiary/aromatic N) is 1. The van der Waals surface area contributed by atoms with Crippen LogP contribution in [0.25, 0.3) is 0 Å². The lowest BCUT2D eigenvalue weighted by atomic mass is 10.1. The van der Waals surface area contributed by atoms with Crippen molar-refractivity contribution in [2.75, 3.05) is 24.7 Å². The van der Waals surface area contributed by atoms with Gasteiger partial charge in [0.25, 0.3) is 15.9 Å². The van der Waals surface area contributed by atoms with Crippen molar-refractivity contribution in [1.82, 2.24) is 4.90 Å². The number of nitrogens with two attached hydrogens (primary N) is 1. The van der Waals surface area contributed by atoms with Gasteiger partial charge in [0.2, 0.25) is 10.9 Å². The van der Waals surface area contributed by atoms with Gasteiger partial charge in [0, 0.05) is 12.6 Å². The van der Waals surface area contributed by atoms with Crippen LogP contribution < -0.4 is 5.14 Å². The van der Waals surface area contributed by atoms with Gasteiger partial charge >= 0.3 is 5.97 Å². The first kappa shape index (κ1) is 21.4. The van der Waals surface area contributed by atoms with Crippen LogP contribution in [0.3, 0.4) is 0 Å². The van der Waals surface area contributed by atoms with Gasteiger partial charge in [-0.1, -0.05) is 13.8 Å². The predicted octanol–water partition coefficient (Wildman–Crippen LogP) is -0.244. The van der Waals surface area contributed by atoms with E-state index < -0.39 is 55.2 Å². The van der Waals surface area contributed by atoms with E-state index in [2.05, 4.69) is 0 Å². The van der Waals surface area contributed by atoms with E-state index in [4.69, 9.17) is 14.3 Å². The Kier molecular flexibility index (Phi) is 6.32. The fourth-order valence-corrected chi connectivity index (χ4v) is 4.93. The van der Waals surface area contributed by atoms with Crippen LogP contribution in [0.2, 0.25) is 0 Å². The van der Waals surface area contributed by atoms with E-state index >= 15 is 0 Å². The smallest absolute Gasteiger partial charge is 0.374 e. The topological polar surface area (TPSA) is 154 Å². The van der Waals surface area contributed by atoms with Crippen LogP contribution in [0.4, 0.5) is 0 Å². The average Bonchev–Trinajstić information content (AvgIpc) is 3.16. The Morgan fingerprint density at radius 2 is 2.04 bits per heavy atom. The van der Waals surface area contributed by atoms with Crippen molar-refractivity contribution in [2.24, 2.45) is 11.1 Å². The highest BCUT2D eigenvalue weighted by Crippen LogP contribution is 2.20. The fraction of sp³-hybridized carbons (Fsp3) is 0.600. The molecule has 12 heteroatoms. The summed E-state index contributed by atoms with van der Waals surface area (Å²) in [4.78, 5) is 25.8. The number of carbonyl (C=O) groups is 2. The first-order valence-corrected chi connectivity index (χ1v) is 11.6. The molecule has 152 valence electrons. The lowest BCUT2D eigenvalue weighted by Gasteiger charge is -2.29. The molecule has 1 amide bonds. The second kappa shape index (κ2) is 7.98. The van der Waals surface area contributed by atoms with E-state index in [9.17, 15) is 26.4 Å². The van der Waals surface area contributed by atoms with E-state index in [0.717, 1.165) is 12.1 Å². The number of carbonyl (C=O) groups excluding carboxylic acids is 2. The number of rotatable bonds is 7. The van der Waals surface area contributed by atoms with Crippen LogP contribution in [0.1, 0.15) is 30.8 Å². The zero-order chi connectivity index (χ0) is 20.4. The third-order valence-corrected chi connectivity index (χ3v) is 6.45. The molecule has 2 heterocycles. The molecular formula is C15H22N2O8S2. The molecule has 1 aromatic heterocycles. The predicted molar refractivity (Wildman–Crippen MR) is 94.0 cm³/mol. The van der Waals surface area contributed by atoms with Crippen molar-refractivity contribution in [1.29, 1.82) is 0 Å². The summed E-state index contributed by atoms with van der Waals surface area (Å²) < 4.78 is 55.4. The molecular weight excluding hydrogens is 400 g/mol. The van der Waals surface area contributed by atoms with Gasteiger partial charge in [-0.15, -0.1) is 0 Å². The van der Waals surface area contributed by atoms with Crippen molar-refractivity contribution in [3.63, 3.8) is 0 Å². The number of sulfonamides is 1. The monoisotopic (exact) mass is 422 g/mol. The molecule has 0 radical (unpaired) electrons. The number of amides is 1. The third kappa shape index (κ3) is 5.78. The Morgan fingerprint density at radius 1 is 1.37 bits per heavy atom. The number of esters is 1. The molecule has 27 heavy (non-hydrogen) atoms. The van der Waals surface area contributed by atoms with Gasteiger partial charge in [0.05, 0.1) is 11.5 Å². The molecule has 1 aromatic rings. The Morgan fingerprint density at radius 3 is 2.52 bits per heavy atom. The molecule has 0 bridgehead atoms. The van der Waals surface area contributed by atoms with E-state index in [1.807, 2.05) is 13.8 Å². The van der Waals surface area contributed by atoms with E-state index in [1.54, 1.807) is 0 Å². The van der Waals surface area contributed by atoms with Crippen LogP contribution >= 0.6 is 0 Å². The fourth-order valence-electron chi connectivity index (χ4n) is 2.73. The standard InChI is InChI=1S/C15H22N2O8S2/c1-10(2)7-17(11-5-6-26(20,21)9-11)13(18)8-24-15(19)12-3-4-14(25-12)27(16,22)23/h3-4,10-11H,5-9H2,1-2H3,(H2,16,22,23). The summed E-state index contributed by atoms with van der Waals surface area (Å²) in [6.07, 6.45) is 0.338. The van der Waals surface area contributed by atoms with Gasteiger partial charge in [-0.25, -0.2) is 26.8 Å². The molecule has 1 saturated heterocycles. The Balaban J connectivity index is 2.02. The van der Waals surface area contributed by atoms with Gasteiger partial charge in [-0.2, -0.15) is 0 Å². The minimum atomic E-state index is -4.10. The number of hydrogen-bond acceptors (Lipinski definition) is 8. The van der Waals surface area contributed by atoms with Crippen molar-refractivity contribution < 1.29 is 35.6 Å². The zero-order valence-corrected chi connectivity index (χ0v) is 16.6. The van der Waals surface area contributed by atoms with Crippen LogP contribution in [-0.4, -0.2) is 64.3 Å². The van der Waals surface area contributed by atoms with Crippen LogP contribution in [0.15, 0.2) is 21.6 Å². The van der Waals surface area contributed by atoms with Crippen LogP contribution in [0, 0.1) is 5.92 Å². The summed E-state index contributed by atoms with van der Waals surface area (Å²) in [5.74, 6) is -1.97. The summed E-state index contributed by atoms with van der Waals surface area (Å²) >= 11 is 0. The zero-order valence-electron chi connectivity index (χ0n) is 15.0. The first-order valence-electron chi connectivity index (χ1n) is 8.18. The number of ether oxygens (including phenoxy) is 1. The Bertz CT molecular complexity index is 917. The van der Waals surface area contributed by atoms with Gasteiger partial charge < -0.3 is 14.1 Å². The quantitative estimate of drug-likeness (QED) is 0.590. The van der Waals surface area contributed by atoms with Gasteiger partial charge in [-0.3, -0.25) is 4.79 Å². The second-order valence-corrected chi connectivity index (χ2v) is 10.5. The van der Waals surface area contributed by atoms with Crippen molar-refractivity contribution >= 4 is 31.7 Å². The highest BCUT2D eigenvalue weighted by atomic mass is 32.2. The van der Waals surface area contributed by atoms with Crippen LogP contribution in [-0.2, 0) is 29.4 Å². The van der Waals surface area contributed by atoms with Crippen molar-refractivity contribution in [2.45, 2.75) is 31.4 Å². The molecule has 1 fully saturated rings. The van der Waals surface area contributed by atoms with Crippen molar-refractivity contribution in [3.05, 3.63) is 17.9 Å². The summed E-state index contributed by atoms with van der Waals surface area (Å²) in [7, 11) is -7.28. The van der Waals surface area contributed by atoms with E-state index in [1.165, 1.54) is 4.90 Å². The number of sulfone groups is 1. The molecule has 0 aliphatic carbocycles. The largest absolute Gasteiger partial charge is 0.450 e. The summed E-state index contributed by atoms with van der Waals surface area (Å²) in [5, 5.41) is 4.29. The number of primary sulfonamides is 1. The maximum absolute atomic E-state index is 12.5. The highest BCUT2D eigenvalue weighted by Gasteiger charge is 2.35. The Hall–Kier alpha value is -1.92. The summed E-state index contributed by atoms with van der Waals surface area (Å²) in [6.45, 7) is 3.47. The second-order valence-electron chi connectivity index (χ2n) is 6.74. The van der Waals surface area contributed by atoms with Gasteiger partial charge in [0.1, 0.15) is 0 Å². The maximum Gasteiger partial charge on any atom is 0.374 e. The van der Waals surface area contributed by atoms with E-state index in [0.29, 0.717) is 13.0 Å². The summed E-state index contributed by atoms with van der Waals surface area (Å²) in [6, 6.07) is 1.62. The van der Waals surface area contributed by atoms with Crippen molar-refractivity contribution in [3.8, 4) is 0 Å². The molecule has 1 unspecified atom stereocenters. The van der Waals surface area contributed by atoms with Gasteiger partial charge in [-0.05, 0) is 24.5 Å².